The summed E-state index contributed by atoms with van der Waals surface area (Å²) in [5, 5.41) is 7.76. The lowest BCUT2D eigenvalue weighted by Gasteiger charge is -2.22. The second-order valence-electron chi connectivity index (χ2n) is 15.0. The van der Waals surface area contributed by atoms with Gasteiger partial charge in [0.1, 0.15) is 0 Å². The Kier molecular flexibility index (Phi) is 5.50. The number of hydrogen-bond acceptors (Lipinski definition) is 0. The lowest BCUT2D eigenvalue weighted by Crippen LogP contribution is -2.14. The van der Waals surface area contributed by atoms with Crippen LogP contribution >= 0.6 is 0 Å². The largest absolute Gasteiger partial charge is 0.0619 e. The molecule has 228 valence electrons. The van der Waals surface area contributed by atoms with Crippen LogP contribution in [-0.4, -0.2) is 0 Å². The Morgan fingerprint density at radius 3 is 1.40 bits per heavy atom. The highest BCUT2D eigenvalue weighted by Crippen LogP contribution is 2.51. The standard InChI is InChI=1S/C48H36/c1-47(2)43-11-7-5-9-37(43)41-26-35(21-22-45(41)47)33-19-17-30-23-32(18-16-31(30)24-33)34-15-13-29-14-20-36-27-42-38-10-6-8-12-44(38)48(3,4)46(42)28-40(36)39(29)25-34/h5-28H,1-4H3. The van der Waals surface area contributed by atoms with Crippen LogP contribution in [0, 0.1) is 0 Å². The maximum Gasteiger partial charge on any atom is 0.0159 e. The summed E-state index contributed by atoms with van der Waals surface area (Å²) in [4.78, 5) is 0. The molecule has 10 rings (SSSR count). The van der Waals surface area contributed by atoms with Crippen LogP contribution in [0.5, 0.6) is 0 Å². The molecule has 0 atom stereocenters. The lowest BCUT2D eigenvalue weighted by molar-refractivity contribution is 0.660. The molecule has 0 amide bonds. The number of fused-ring (bicyclic) bond motifs is 10. The highest BCUT2D eigenvalue weighted by Gasteiger charge is 2.36. The molecule has 0 aliphatic heterocycles. The van der Waals surface area contributed by atoms with Crippen molar-refractivity contribution in [3.8, 4) is 44.5 Å². The molecule has 2 aliphatic rings. The Balaban J connectivity index is 1.04. The lowest BCUT2D eigenvalue weighted by atomic mass is 9.81. The van der Waals surface area contributed by atoms with Crippen LogP contribution < -0.4 is 0 Å². The van der Waals surface area contributed by atoms with Crippen LogP contribution in [0.3, 0.4) is 0 Å². The monoisotopic (exact) mass is 612 g/mol. The third-order valence-electron chi connectivity index (χ3n) is 11.6. The highest BCUT2D eigenvalue weighted by atomic mass is 14.4. The van der Waals surface area contributed by atoms with Gasteiger partial charge in [0, 0.05) is 10.8 Å². The van der Waals surface area contributed by atoms with E-state index in [4.69, 9.17) is 0 Å². The first-order chi connectivity index (χ1) is 23.3. The molecule has 0 saturated heterocycles. The van der Waals surface area contributed by atoms with Crippen LogP contribution in [0.1, 0.15) is 49.9 Å². The molecule has 0 heteroatoms. The summed E-state index contributed by atoms with van der Waals surface area (Å²) < 4.78 is 0. The average molecular weight is 613 g/mol. The Morgan fingerprint density at radius 2 is 0.729 bits per heavy atom. The molecule has 0 spiro atoms. The van der Waals surface area contributed by atoms with E-state index < -0.39 is 0 Å². The minimum atomic E-state index is -0.0159. The maximum absolute atomic E-state index is 2.47. The molecule has 0 aromatic heterocycles. The van der Waals surface area contributed by atoms with Gasteiger partial charge in [-0.3, -0.25) is 0 Å². The summed E-state index contributed by atoms with van der Waals surface area (Å²) in [5.74, 6) is 0. The fourth-order valence-corrected chi connectivity index (χ4v) is 8.93. The topological polar surface area (TPSA) is 0 Å². The van der Waals surface area contributed by atoms with Crippen molar-refractivity contribution in [1.29, 1.82) is 0 Å². The van der Waals surface area contributed by atoms with Crippen molar-refractivity contribution < 1.29 is 0 Å². The average Bonchev–Trinajstić information content (AvgIpc) is 3.49. The van der Waals surface area contributed by atoms with Gasteiger partial charge >= 0.3 is 0 Å². The van der Waals surface area contributed by atoms with Crippen molar-refractivity contribution in [2.45, 2.75) is 38.5 Å². The molecule has 0 bridgehead atoms. The van der Waals surface area contributed by atoms with Crippen molar-refractivity contribution in [2.24, 2.45) is 0 Å². The first kappa shape index (κ1) is 27.6. The first-order valence-electron chi connectivity index (χ1n) is 17.2. The van der Waals surface area contributed by atoms with E-state index in [1.807, 2.05) is 0 Å². The molecule has 2 aliphatic carbocycles. The van der Waals surface area contributed by atoms with Gasteiger partial charge in [-0.2, -0.15) is 0 Å². The summed E-state index contributed by atoms with van der Waals surface area (Å²) in [5.41, 5.74) is 16.2. The zero-order valence-electron chi connectivity index (χ0n) is 27.9. The number of rotatable bonds is 2. The van der Waals surface area contributed by atoms with Gasteiger partial charge in [0.05, 0.1) is 0 Å². The zero-order chi connectivity index (χ0) is 32.4. The van der Waals surface area contributed by atoms with Crippen molar-refractivity contribution in [3.05, 3.63) is 168 Å². The molecule has 8 aromatic rings. The molecule has 0 N–H and O–H groups in total. The molecule has 0 radical (unpaired) electrons. The molecular weight excluding hydrogens is 577 g/mol. The normalized spacial score (nSPS) is 15.0. The van der Waals surface area contributed by atoms with Gasteiger partial charge < -0.3 is 0 Å². The van der Waals surface area contributed by atoms with Gasteiger partial charge in [-0.05, 0) is 135 Å². The molecule has 0 unspecified atom stereocenters. The van der Waals surface area contributed by atoms with Crippen LogP contribution in [0.2, 0.25) is 0 Å². The summed E-state index contributed by atoms with van der Waals surface area (Å²) in [6, 6.07) is 55.1. The van der Waals surface area contributed by atoms with E-state index in [2.05, 4.69) is 173 Å². The van der Waals surface area contributed by atoms with E-state index >= 15 is 0 Å². The van der Waals surface area contributed by atoms with E-state index in [-0.39, 0.29) is 10.8 Å². The molecule has 0 fully saturated rings. The van der Waals surface area contributed by atoms with Crippen LogP contribution in [0.4, 0.5) is 0 Å². The van der Waals surface area contributed by atoms with E-state index in [0.29, 0.717) is 0 Å². The Hall–Kier alpha value is -5.46. The van der Waals surface area contributed by atoms with Crippen molar-refractivity contribution >= 4 is 32.3 Å². The molecule has 48 heavy (non-hydrogen) atoms. The van der Waals surface area contributed by atoms with E-state index in [1.165, 1.54) is 99.1 Å². The molecule has 0 saturated carbocycles. The van der Waals surface area contributed by atoms with Crippen LogP contribution in [-0.2, 0) is 10.8 Å². The van der Waals surface area contributed by atoms with Crippen molar-refractivity contribution in [2.75, 3.05) is 0 Å². The summed E-state index contributed by atoms with van der Waals surface area (Å²) in [6.45, 7) is 9.42. The summed E-state index contributed by atoms with van der Waals surface area (Å²) >= 11 is 0. The Morgan fingerprint density at radius 1 is 0.292 bits per heavy atom. The molecular formula is C48H36. The van der Waals surface area contributed by atoms with Crippen LogP contribution in [0.25, 0.3) is 76.8 Å². The fraction of sp³-hybridized carbons (Fsp3) is 0.125. The van der Waals surface area contributed by atoms with Crippen molar-refractivity contribution in [3.63, 3.8) is 0 Å². The predicted octanol–water partition coefficient (Wildman–Crippen LogP) is 13.1. The molecule has 8 aromatic carbocycles. The molecule has 0 nitrogen and oxygen atoms in total. The minimum absolute atomic E-state index is 0.0159. The van der Waals surface area contributed by atoms with Crippen molar-refractivity contribution in [1.82, 2.24) is 0 Å². The maximum atomic E-state index is 2.47. The Labute approximate surface area is 282 Å². The van der Waals surface area contributed by atoms with Crippen LogP contribution in [0.15, 0.2) is 146 Å². The first-order valence-corrected chi connectivity index (χ1v) is 17.2. The SMILES string of the molecule is CC1(C)c2ccccc2-c2cc(-c3ccc4cc(-c5ccc6ccc7cc8c(cc7c6c5)C(C)(C)c5ccccc5-8)ccc4c3)ccc21. The van der Waals surface area contributed by atoms with Gasteiger partial charge in [0.15, 0.2) is 0 Å². The van der Waals surface area contributed by atoms with Gasteiger partial charge in [-0.25, -0.2) is 0 Å². The van der Waals surface area contributed by atoms with Gasteiger partial charge in [0.25, 0.3) is 0 Å². The third-order valence-corrected chi connectivity index (χ3v) is 11.6. The highest BCUT2D eigenvalue weighted by molar-refractivity contribution is 6.11. The Bertz CT molecular complexity index is 2660. The zero-order valence-corrected chi connectivity index (χ0v) is 27.9. The molecule has 0 heterocycles. The summed E-state index contributed by atoms with van der Waals surface area (Å²) in [7, 11) is 0. The van der Waals surface area contributed by atoms with E-state index in [9.17, 15) is 0 Å². The van der Waals surface area contributed by atoms with E-state index in [1.54, 1.807) is 0 Å². The number of hydrogen-bond donors (Lipinski definition) is 0. The van der Waals surface area contributed by atoms with Gasteiger partial charge in [-0.15, -0.1) is 0 Å². The minimum Gasteiger partial charge on any atom is -0.0619 e. The van der Waals surface area contributed by atoms with Gasteiger partial charge in [0.2, 0.25) is 0 Å². The fourth-order valence-electron chi connectivity index (χ4n) is 8.93. The number of benzene rings is 8. The predicted molar refractivity (Wildman–Crippen MR) is 205 cm³/mol. The summed E-state index contributed by atoms with van der Waals surface area (Å²) in [6.07, 6.45) is 0. The smallest absolute Gasteiger partial charge is 0.0159 e. The quantitative estimate of drug-likeness (QED) is 0.170. The van der Waals surface area contributed by atoms with Gasteiger partial charge in [-0.1, -0.05) is 137 Å². The second kappa shape index (κ2) is 9.55. The second-order valence-corrected chi connectivity index (χ2v) is 15.0. The third kappa shape index (κ3) is 3.78. The van der Waals surface area contributed by atoms with E-state index in [0.717, 1.165) is 0 Å².